The number of hydrogen-bond acceptors (Lipinski definition) is 4. The minimum Gasteiger partial charge on any atom is -0.481 e. The van der Waals surface area contributed by atoms with Crippen molar-refractivity contribution in [2.75, 3.05) is 5.32 Å². The highest BCUT2D eigenvalue weighted by atomic mass is 16.4. The van der Waals surface area contributed by atoms with Gasteiger partial charge in [0.2, 0.25) is 0 Å². The van der Waals surface area contributed by atoms with Crippen LogP contribution in [0.25, 0.3) is 11.3 Å². The van der Waals surface area contributed by atoms with Crippen molar-refractivity contribution < 1.29 is 14.7 Å². The Labute approximate surface area is 174 Å². The number of carboxylic acid groups (broad SMARTS) is 1. The molecule has 0 saturated carbocycles. The van der Waals surface area contributed by atoms with E-state index < -0.39 is 5.97 Å². The van der Waals surface area contributed by atoms with Crippen LogP contribution >= 0.6 is 0 Å². The average molecular weight is 401 g/mol. The molecule has 0 saturated heterocycles. The SMILES string of the molecule is O=C(O)CC/C=C/C1CC(=O)c2c([nH]c(-c3ccncc3)c2Nc2ccccc2)C1. The maximum atomic E-state index is 13.1. The van der Waals surface area contributed by atoms with Crippen LogP contribution < -0.4 is 5.32 Å². The van der Waals surface area contributed by atoms with Gasteiger partial charge in [-0.15, -0.1) is 0 Å². The van der Waals surface area contributed by atoms with E-state index in [1.807, 2.05) is 54.6 Å². The standard InChI is InChI=1S/C24H23N3O3/c28-20-15-16(6-4-5-9-21(29)30)14-19-22(20)24(26-18-7-2-1-3-8-18)23(27-19)17-10-12-25-13-11-17/h1-4,6-8,10-13,16,26-27H,5,9,14-15H2,(H,29,30)/b6-4+. The van der Waals surface area contributed by atoms with Gasteiger partial charge in [0.05, 0.1) is 16.9 Å². The second-order valence-corrected chi connectivity index (χ2v) is 7.41. The van der Waals surface area contributed by atoms with Crippen LogP contribution in [0.4, 0.5) is 11.4 Å². The molecule has 0 fully saturated rings. The first-order valence-corrected chi connectivity index (χ1v) is 10.0. The summed E-state index contributed by atoms with van der Waals surface area (Å²) in [6.07, 6.45) is 9.00. The number of carbonyl (C=O) groups is 2. The van der Waals surface area contributed by atoms with Crippen LogP contribution in [0.15, 0.2) is 67.0 Å². The van der Waals surface area contributed by atoms with E-state index in [1.54, 1.807) is 12.4 Å². The number of ketones is 1. The van der Waals surface area contributed by atoms with Crippen LogP contribution in [-0.4, -0.2) is 26.8 Å². The van der Waals surface area contributed by atoms with E-state index in [0.717, 1.165) is 28.3 Å². The van der Waals surface area contributed by atoms with Gasteiger partial charge in [0.15, 0.2) is 5.78 Å². The zero-order chi connectivity index (χ0) is 20.9. The second kappa shape index (κ2) is 8.78. The fourth-order valence-electron chi connectivity index (χ4n) is 3.84. The Kier molecular flexibility index (Phi) is 5.75. The third-order valence-corrected chi connectivity index (χ3v) is 5.22. The highest BCUT2D eigenvalue weighted by molar-refractivity contribution is 6.07. The third kappa shape index (κ3) is 4.33. The molecular formula is C24H23N3O3. The van der Waals surface area contributed by atoms with Crippen LogP contribution in [0.3, 0.4) is 0 Å². The second-order valence-electron chi connectivity index (χ2n) is 7.41. The number of anilines is 2. The summed E-state index contributed by atoms with van der Waals surface area (Å²) in [5.74, 6) is -0.670. The molecule has 30 heavy (non-hydrogen) atoms. The lowest BCUT2D eigenvalue weighted by atomic mass is 9.85. The Balaban J connectivity index is 1.67. The molecule has 1 aliphatic carbocycles. The molecule has 0 amide bonds. The maximum absolute atomic E-state index is 13.1. The molecule has 0 spiro atoms. The Morgan fingerprint density at radius 3 is 2.67 bits per heavy atom. The Morgan fingerprint density at radius 2 is 1.93 bits per heavy atom. The summed E-state index contributed by atoms with van der Waals surface area (Å²) in [6.45, 7) is 0. The van der Waals surface area contributed by atoms with Gasteiger partial charge in [0, 0.05) is 42.2 Å². The van der Waals surface area contributed by atoms with Crippen molar-refractivity contribution in [3.05, 3.63) is 78.3 Å². The van der Waals surface area contributed by atoms with Crippen LogP contribution in [-0.2, 0) is 11.2 Å². The van der Waals surface area contributed by atoms with Gasteiger partial charge in [0.25, 0.3) is 0 Å². The van der Waals surface area contributed by atoms with Crippen molar-refractivity contribution in [1.29, 1.82) is 0 Å². The maximum Gasteiger partial charge on any atom is 0.303 e. The third-order valence-electron chi connectivity index (χ3n) is 5.22. The number of H-pyrrole nitrogens is 1. The normalized spacial score (nSPS) is 15.9. The van der Waals surface area contributed by atoms with Crippen molar-refractivity contribution in [3.8, 4) is 11.3 Å². The van der Waals surface area contributed by atoms with Crippen molar-refractivity contribution in [1.82, 2.24) is 9.97 Å². The van der Waals surface area contributed by atoms with Gasteiger partial charge in [-0.1, -0.05) is 30.4 Å². The molecule has 4 rings (SSSR count). The predicted molar refractivity (Wildman–Crippen MR) is 116 cm³/mol. The topological polar surface area (TPSA) is 95.1 Å². The lowest BCUT2D eigenvalue weighted by Gasteiger charge is -2.19. The van der Waals surface area contributed by atoms with Crippen LogP contribution in [0.2, 0.25) is 0 Å². The average Bonchev–Trinajstić information content (AvgIpc) is 3.11. The smallest absolute Gasteiger partial charge is 0.303 e. The summed E-state index contributed by atoms with van der Waals surface area (Å²) in [6, 6.07) is 13.6. The minimum atomic E-state index is -0.815. The first-order valence-electron chi connectivity index (χ1n) is 10.0. The molecule has 3 N–H and O–H groups in total. The van der Waals surface area contributed by atoms with Gasteiger partial charge in [-0.25, -0.2) is 0 Å². The molecule has 0 bridgehead atoms. The first-order chi connectivity index (χ1) is 14.6. The number of carbonyl (C=O) groups excluding carboxylic acids is 1. The molecule has 2 heterocycles. The number of aromatic nitrogens is 2. The van der Waals surface area contributed by atoms with Gasteiger partial charge in [0.1, 0.15) is 0 Å². The zero-order valence-corrected chi connectivity index (χ0v) is 16.5. The molecule has 1 atom stereocenters. The summed E-state index contributed by atoms with van der Waals surface area (Å²) in [7, 11) is 0. The molecule has 152 valence electrons. The van der Waals surface area contributed by atoms with Gasteiger partial charge < -0.3 is 15.4 Å². The fraction of sp³-hybridized carbons (Fsp3) is 0.208. The Morgan fingerprint density at radius 1 is 1.17 bits per heavy atom. The molecule has 3 aromatic rings. The summed E-state index contributed by atoms with van der Waals surface area (Å²) in [5.41, 5.74) is 5.15. The van der Waals surface area contributed by atoms with E-state index in [-0.39, 0.29) is 18.1 Å². The van der Waals surface area contributed by atoms with Crippen LogP contribution in [0.1, 0.15) is 35.3 Å². The number of aliphatic carboxylic acids is 1. The van der Waals surface area contributed by atoms with E-state index in [0.29, 0.717) is 24.8 Å². The number of fused-ring (bicyclic) bond motifs is 1. The number of nitrogens with zero attached hydrogens (tertiary/aromatic N) is 1. The number of rotatable bonds is 7. The summed E-state index contributed by atoms with van der Waals surface area (Å²) < 4.78 is 0. The molecular weight excluding hydrogens is 378 g/mol. The molecule has 6 heteroatoms. The molecule has 0 aliphatic heterocycles. The highest BCUT2D eigenvalue weighted by Gasteiger charge is 2.30. The summed E-state index contributed by atoms with van der Waals surface area (Å²) in [5, 5.41) is 12.2. The first kappa shape index (κ1) is 19.6. The van der Waals surface area contributed by atoms with E-state index in [2.05, 4.69) is 15.3 Å². The largest absolute Gasteiger partial charge is 0.481 e. The number of para-hydroxylation sites is 1. The number of nitrogens with one attached hydrogen (secondary N) is 2. The van der Waals surface area contributed by atoms with E-state index in [1.165, 1.54) is 0 Å². The van der Waals surface area contributed by atoms with Crippen molar-refractivity contribution in [2.24, 2.45) is 5.92 Å². The Bertz CT molecular complexity index is 1070. The highest BCUT2D eigenvalue weighted by Crippen LogP contribution is 2.40. The van der Waals surface area contributed by atoms with Gasteiger partial charge in [-0.05, 0) is 43.0 Å². The molecule has 1 aliphatic rings. The van der Waals surface area contributed by atoms with Gasteiger partial charge >= 0.3 is 5.97 Å². The van der Waals surface area contributed by atoms with Crippen LogP contribution in [0, 0.1) is 5.92 Å². The number of hydrogen-bond donors (Lipinski definition) is 3. The van der Waals surface area contributed by atoms with Crippen molar-refractivity contribution in [2.45, 2.75) is 25.7 Å². The van der Waals surface area contributed by atoms with Crippen molar-refractivity contribution >= 4 is 23.1 Å². The number of pyridine rings is 1. The van der Waals surface area contributed by atoms with Gasteiger partial charge in [-0.3, -0.25) is 14.6 Å². The molecule has 6 nitrogen and oxygen atoms in total. The van der Waals surface area contributed by atoms with Crippen LogP contribution in [0.5, 0.6) is 0 Å². The fourth-order valence-corrected chi connectivity index (χ4v) is 3.84. The van der Waals surface area contributed by atoms with E-state index in [9.17, 15) is 9.59 Å². The zero-order valence-electron chi connectivity index (χ0n) is 16.5. The monoisotopic (exact) mass is 401 g/mol. The molecule has 0 radical (unpaired) electrons. The quantitative estimate of drug-likeness (QED) is 0.485. The van der Waals surface area contributed by atoms with E-state index in [4.69, 9.17) is 5.11 Å². The summed E-state index contributed by atoms with van der Waals surface area (Å²) >= 11 is 0. The predicted octanol–water partition coefficient (Wildman–Crippen LogP) is 4.99. The number of aromatic amines is 1. The molecule has 1 unspecified atom stereocenters. The molecule has 1 aromatic carbocycles. The van der Waals surface area contributed by atoms with Crippen molar-refractivity contribution in [3.63, 3.8) is 0 Å². The molecule has 2 aromatic heterocycles. The number of benzene rings is 1. The number of carboxylic acids is 1. The van der Waals surface area contributed by atoms with Gasteiger partial charge in [-0.2, -0.15) is 0 Å². The number of Topliss-reactive ketones (excluding diaryl/α,β-unsaturated/α-hetero) is 1. The Hall–Kier alpha value is -3.67. The minimum absolute atomic E-state index is 0.0623. The lowest BCUT2D eigenvalue weighted by Crippen LogP contribution is -2.18. The number of allylic oxidation sites excluding steroid dienone is 2. The summed E-state index contributed by atoms with van der Waals surface area (Å²) in [4.78, 5) is 31.3. The lowest BCUT2D eigenvalue weighted by molar-refractivity contribution is -0.136. The van der Waals surface area contributed by atoms with E-state index >= 15 is 0 Å².